The summed E-state index contributed by atoms with van der Waals surface area (Å²) < 4.78 is 5.11. The molecular formula is C13H22N2O4. The van der Waals surface area contributed by atoms with Crippen LogP contribution in [0.2, 0.25) is 0 Å². The summed E-state index contributed by atoms with van der Waals surface area (Å²) in [7, 11) is 0. The average molecular weight is 270 g/mol. The van der Waals surface area contributed by atoms with E-state index in [2.05, 4.69) is 10.6 Å². The number of ether oxygens (including phenoxy) is 1. The fourth-order valence-electron chi connectivity index (χ4n) is 2.87. The molecule has 2 rings (SSSR count). The lowest BCUT2D eigenvalue weighted by Crippen LogP contribution is -2.61. The number of carboxylic acid groups (broad SMARTS) is 1. The molecule has 3 N–H and O–H groups in total. The minimum Gasteiger partial charge on any atom is -0.479 e. The maximum absolute atomic E-state index is 12.0. The molecule has 2 fully saturated rings. The zero-order chi connectivity index (χ0) is 13.9. The molecule has 0 bridgehead atoms. The first-order valence-electron chi connectivity index (χ1n) is 6.87. The molecule has 1 aliphatic heterocycles. The molecule has 6 nitrogen and oxygen atoms in total. The van der Waals surface area contributed by atoms with Gasteiger partial charge in [0.05, 0.1) is 6.61 Å². The SMILES string of the molecule is CC1(NC(=O)NC2(C(=O)O)CCOC2)CCCCC1. The van der Waals surface area contributed by atoms with Crippen molar-refractivity contribution in [1.82, 2.24) is 10.6 Å². The van der Waals surface area contributed by atoms with Gasteiger partial charge in [-0.2, -0.15) is 0 Å². The maximum Gasteiger partial charge on any atom is 0.332 e. The molecule has 1 atom stereocenters. The zero-order valence-corrected chi connectivity index (χ0v) is 11.3. The van der Waals surface area contributed by atoms with Gasteiger partial charge in [-0.05, 0) is 19.8 Å². The quantitative estimate of drug-likeness (QED) is 0.720. The highest BCUT2D eigenvalue weighted by molar-refractivity contribution is 5.87. The molecule has 0 aromatic carbocycles. The van der Waals surface area contributed by atoms with Crippen LogP contribution in [-0.2, 0) is 9.53 Å². The number of amides is 2. The van der Waals surface area contributed by atoms with Crippen molar-refractivity contribution >= 4 is 12.0 Å². The molecule has 19 heavy (non-hydrogen) atoms. The summed E-state index contributed by atoms with van der Waals surface area (Å²) in [6, 6.07) is -0.405. The number of urea groups is 1. The van der Waals surface area contributed by atoms with Crippen LogP contribution in [0.4, 0.5) is 4.79 Å². The van der Waals surface area contributed by atoms with Crippen molar-refractivity contribution in [3.63, 3.8) is 0 Å². The van der Waals surface area contributed by atoms with Crippen molar-refractivity contribution < 1.29 is 19.4 Å². The van der Waals surface area contributed by atoms with Gasteiger partial charge in [0.2, 0.25) is 0 Å². The number of hydrogen-bond acceptors (Lipinski definition) is 3. The first-order valence-corrected chi connectivity index (χ1v) is 6.87. The Bertz CT molecular complexity index is 358. The second-order valence-corrected chi connectivity index (χ2v) is 5.89. The van der Waals surface area contributed by atoms with Gasteiger partial charge < -0.3 is 20.5 Å². The Balaban J connectivity index is 1.94. The number of rotatable bonds is 3. The third-order valence-corrected chi connectivity index (χ3v) is 4.16. The zero-order valence-electron chi connectivity index (χ0n) is 11.3. The molecule has 0 spiro atoms. The summed E-state index contributed by atoms with van der Waals surface area (Å²) >= 11 is 0. The minimum absolute atomic E-state index is 0.0342. The van der Waals surface area contributed by atoms with E-state index in [0.717, 1.165) is 25.7 Å². The van der Waals surface area contributed by atoms with Crippen molar-refractivity contribution in [1.29, 1.82) is 0 Å². The van der Waals surface area contributed by atoms with Crippen LogP contribution in [0, 0.1) is 0 Å². The van der Waals surface area contributed by atoms with Crippen molar-refractivity contribution in [3.05, 3.63) is 0 Å². The van der Waals surface area contributed by atoms with Crippen LogP contribution in [0.1, 0.15) is 45.4 Å². The van der Waals surface area contributed by atoms with Crippen molar-refractivity contribution in [2.45, 2.75) is 56.5 Å². The van der Waals surface area contributed by atoms with E-state index in [1.807, 2.05) is 6.92 Å². The van der Waals surface area contributed by atoms with Crippen LogP contribution < -0.4 is 10.6 Å². The van der Waals surface area contributed by atoms with Crippen LogP contribution >= 0.6 is 0 Å². The Hall–Kier alpha value is -1.30. The third-order valence-electron chi connectivity index (χ3n) is 4.16. The standard InChI is InChI=1S/C13H22N2O4/c1-12(5-3-2-4-6-12)14-11(18)15-13(10(16)17)7-8-19-9-13/h2-9H2,1H3,(H,16,17)(H2,14,15,18). The van der Waals surface area contributed by atoms with E-state index in [-0.39, 0.29) is 12.1 Å². The molecule has 1 saturated carbocycles. The summed E-state index contributed by atoms with van der Waals surface area (Å²) in [4.78, 5) is 23.3. The summed E-state index contributed by atoms with van der Waals surface area (Å²) in [5.41, 5.74) is -1.49. The molecule has 1 heterocycles. The van der Waals surface area contributed by atoms with Crippen LogP contribution in [-0.4, -0.2) is 41.4 Å². The third kappa shape index (κ3) is 3.18. The van der Waals surface area contributed by atoms with E-state index in [1.165, 1.54) is 6.42 Å². The van der Waals surface area contributed by atoms with Gasteiger partial charge in [0.25, 0.3) is 0 Å². The molecule has 6 heteroatoms. The molecule has 1 aliphatic carbocycles. The first-order chi connectivity index (χ1) is 8.96. The van der Waals surface area contributed by atoms with Gasteiger partial charge in [0, 0.05) is 18.6 Å². The second-order valence-electron chi connectivity index (χ2n) is 5.89. The lowest BCUT2D eigenvalue weighted by molar-refractivity contribution is -0.144. The topological polar surface area (TPSA) is 87.7 Å². The smallest absolute Gasteiger partial charge is 0.332 e. The van der Waals surface area contributed by atoms with Crippen LogP contribution in [0.3, 0.4) is 0 Å². The van der Waals surface area contributed by atoms with Gasteiger partial charge >= 0.3 is 12.0 Å². The largest absolute Gasteiger partial charge is 0.479 e. The monoisotopic (exact) mass is 270 g/mol. The van der Waals surface area contributed by atoms with E-state index in [0.29, 0.717) is 13.0 Å². The lowest BCUT2D eigenvalue weighted by Gasteiger charge is -2.35. The maximum atomic E-state index is 12.0. The fourth-order valence-corrected chi connectivity index (χ4v) is 2.87. The summed E-state index contributed by atoms with van der Waals surface area (Å²) in [5, 5.41) is 14.8. The van der Waals surface area contributed by atoms with Gasteiger partial charge in [0.15, 0.2) is 5.54 Å². The highest BCUT2D eigenvalue weighted by Crippen LogP contribution is 2.27. The van der Waals surface area contributed by atoms with Crippen LogP contribution in [0.5, 0.6) is 0 Å². The van der Waals surface area contributed by atoms with E-state index in [1.54, 1.807) is 0 Å². The van der Waals surface area contributed by atoms with Gasteiger partial charge in [-0.15, -0.1) is 0 Å². The molecule has 0 radical (unpaired) electrons. The van der Waals surface area contributed by atoms with Crippen molar-refractivity contribution in [2.75, 3.05) is 13.2 Å². The Morgan fingerprint density at radius 2 is 1.79 bits per heavy atom. The number of hydrogen-bond donors (Lipinski definition) is 3. The molecule has 2 aliphatic rings. The first kappa shape index (κ1) is 14.1. The average Bonchev–Trinajstić information content (AvgIpc) is 2.78. The summed E-state index contributed by atoms with van der Waals surface area (Å²) in [5.74, 6) is -1.03. The lowest BCUT2D eigenvalue weighted by atomic mass is 9.83. The minimum atomic E-state index is -1.27. The Kier molecular flexibility index (Phi) is 3.99. The molecule has 2 amide bonds. The molecule has 0 aromatic heterocycles. The molecule has 0 aromatic rings. The Morgan fingerprint density at radius 3 is 2.32 bits per heavy atom. The number of nitrogens with one attached hydrogen (secondary N) is 2. The fraction of sp³-hybridized carbons (Fsp3) is 0.846. The Labute approximate surface area is 112 Å². The molecular weight excluding hydrogens is 248 g/mol. The molecule has 1 unspecified atom stereocenters. The van der Waals surface area contributed by atoms with E-state index in [4.69, 9.17) is 4.74 Å². The number of carbonyl (C=O) groups is 2. The van der Waals surface area contributed by atoms with Crippen molar-refractivity contribution in [3.8, 4) is 0 Å². The normalized spacial score (nSPS) is 29.7. The summed E-state index contributed by atoms with van der Waals surface area (Å²) in [6.45, 7) is 2.42. The van der Waals surface area contributed by atoms with Gasteiger partial charge in [-0.25, -0.2) is 9.59 Å². The van der Waals surface area contributed by atoms with Gasteiger partial charge in [-0.1, -0.05) is 19.3 Å². The highest BCUT2D eigenvalue weighted by Gasteiger charge is 2.44. The highest BCUT2D eigenvalue weighted by atomic mass is 16.5. The van der Waals surface area contributed by atoms with E-state index < -0.39 is 17.5 Å². The van der Waals surface area contributed by atoms with Crippen LogP contribution in [0.25, 0.3) is 0 Å². The Morgan fingerprint density at radius 1 is 1.11 bits per heavy atom. The number of carboxylic acids is 1. The molecule has 1 saturated heterocycles. The predicted octanol–water partition coefficient (Wildman–Crippen LogP) is 1.25. The van der Waals surface area contributed by atoms with Crippen molar-refractivity contribution in [2.24, 2.45) is 0 Å². The van der Waals surface area contributed by atoms with E-state index in [9.17, 15) is 14.7 Å². The predicted molar refractivity (Wildman–Crippen MR) is 69.0 cm³/mol. The second kappa shape index (κ2) is 5.36. The summed E-state index contributed by atoms with van der Waals surface area (Å²) in [6.07, 6.45) is 5.60. The van der Waals surface area contributed by atoms with Crippen LogP contribution in [0.15, 0.2) is 0 Å². The van der Waals surface area contributed by atoms with Gasteiger partial charge in [0.1, 0.15) is 0 Å². The van der Waals surface area contributed by atoms with E-state index >= 15 is 0 Å². The molecule has 108 valence electrons. The number of aliphatic carboxylic acids is 1. The van der Waals surface area contributed by atoms with Gasteiger partial charge in [-0.3, -0.25) is 0 Å². The number of carbonyl (C=O) groups excluding carboxylic acids is 1.